The zero-order valence-electron chi connectivity index (χ0n) is 15.9. The number of hydrogen-bond donors (Lipinski definition) is 1. The molecule has 6 nitrogen and oxygen atoms in total. The zero-order chi connectivity index (χ0) is 19.7. The van der Waals surface area contributed by atoms with Crippen molar-refractivity contribution < 1.29 is 19.1 Å². The lowest BCUT2D eigenvalue weighted by atomic mass is 9.99. The molecule has 3 heterocycles. The molecule has 1 aromatic heterocycles. The van der Waals surface area contributed by atoms with Crippen LogP contribution in [0.1, 0.15) is 36.0 Å². The van der Waals surface area contributed by atoms with Gasteiger partial charge in [-0.2, -0.15) is 0 Å². The summed E-state index contributed by atoms with van der Waals surface area (Å²) in [6, 6.07) is 11.7. The third-order valence-corrected chi connectivity index (χ3v) is 5.47. The second-order valence-corrected chi connectivity index (χ2v) is 7.36. The van der Waals surface area contributed by atoms with Crippen LogP contribution in [0.5, 0.6) is 0 Å². The van der Waals surface area contributed by atoms with E-state index in [2.05, 4.69) is 4.90 Å². The molecule has 1 amide bonds. The highest BCUT2D eigenvalue weighted by molar-refractivity contribution is 6.46. The molecule has 1 aromatic carbocycles. The first-order chi connectivity index (χ1) is 13.6. The molecule has 146 valence electrons. The molecule has 1 atom stereocenters. The summed E-state index contributed by atoms with van der Waals surface area (Å²) in [6.07, 6.45) is 2.32. The van der Waals surface area contributed by atoms with Crippen molar-refractivity contribution in [3.05, 3.63) is 65.1 Å². The van der Waals surface area contributed by atoms with E-state index in [1.165, 1.54) is 4.90 Å². The molecule has 0 radical (unpaired) electrons. The minimum Gasteiger partial charge on any atom is -0.507 e. The number of amides is 1. The van der Waals surface area contributed by atoms with E-state index < -0.39 is 17.7 Å². The molecule has 28 heavy (non-hydrogen) atoms. The predicted molar refractivity (Wildman–Crippen MR) is 105 cm³/mol. The van der Waals surface area contributed by atoms with Crippen LogP contribution in [-0.2, 0) is 9.59 Å². The number of carbonyl (C=O) groups is 2. The van der Waals surface area contributed by atoms with Gasteiger partial charge in [-0.1, -0.05) is 30.3 Å². The molecule has 0 saturated carbocycles. The molecule has 1 N–H and O–H groups in total. The Morgan fingerprint density at radius 1 is 1.07 bits per heavy atom. The highest BCUT2D eigenvalue weighted by Crippen LogP contribution is 2.39. The van der Waals surface area contributed by atoms with Crippen LogP contribution in [0, 0.1) is 6.92 Å². The van der Waals surface area contributed by atoms with E-state index in [1.807, 2.05) is 13.0 Å². The zero-order valence-corrected chi connectivity index (χ0v) is 15.9. The smallest absolute Gasteiger partial charge is 0.295 e. The highest BCUT2D eigenvalue weighted by Gasteiger charge is 2.47. The van der Waals surface area contributed by atoms with Gasteiger partial charge in [0.2, 0.25) is 0 Å². The summed E-state index contributed by atoms with van der Waals surface area (Å²) in [5.41, 5.74) is 0.597. The van der Waals surface area contributed by atoms with Crippen LogP contribution in [0.25, 0.3) is 5.76 Å². The van der Waals surface area contributed by atoms with Crippen LogP contribution in [0.4, 0.5) is 0 Å². The maximum Gasteiger partial charge on any atom is 0.295 e. The van der Waals surface area contributed by atoms with E-state index in [-0.39, 0.29) is 11.3 Å². The quantitative estimate of drug-likeness (QED) is 0.490. The lowest BCUT2D eigenvalue weighted by molar-refractivity contribution is -0.140. The summed E-state index contributed by atoms with van der Waals surface area (Å²) in [5, 5.41) is 10.9. The molecule has 2 fully saturated rings. The van der Waals surface area contributed by atoms with Gasteiger partial charge < -0.3 is 19.3 Å². The van der Waals surface area contributed by atoms with Gasteiger partial charge in [-0.3, -0.25) is 9.59 Å². The minimum absolute atomic E-state index is 0.0898. The second-order valence-electron chi connectivity index (χ2n) is 7.36. The fraction of sp³-hybridized carbons (Fsp3) is 0.364. The van der Waals surface area contributed by atoms with E-state index in [0.29, 0.717) is 30.2 Å². The van der Waals surface area contributed by atoms with Gasteiger partial charge in [-0.25, -0.2) is 0 Å². The Bertz CT molecular complexity index is 910. The van der Waals surface area contributed by atoms with Gasteiger partial charge in [0.25, 0.3) is 11.7 Å². The van der Waals surface area contributed by atoms with Gasteiger partial charge in [-0.05, 0) is 45.0 Å². The van der Waals surface area contributed by atoms with Crippen LogP contribution >= 0.6 is 0 Å². The highest BCUT2D eigenvalue weighted by atomic mass is 16.3. The van der Waals surface area contributed by atoms with Gasteiger partial charge in [0.15, 0.2) is 0 Å². The molecule has 0 bridgehead atoms. The van der Waals surface area contributed by atoms with E-state index in [0.717, 1.165) is 25.9 Å². The van der Waals surface area contributed by atoms with Crippen molar-refractivity contribution in [2.75, 3.05) is 26.2 Å². The fourth-order valence-corrected chi connectivity index (χ4v) is 4.01. The van der Waals surface area contributed by atoms with Crippen molar-refractivity contribution in [2.24, 2.45) is 0 Å². The van der Waals surface area contributed by atoms with Crippen molar-refractivity contribution in [1.82, 2.24) is 9.80 Å². The van der Waals surface area contributed by atoms with Gasteiger partial charge >= 0.3 is 0 Å². The maximum absolute atomic E-state index is 12.9. The molecule has 0 aliphatic carbocycles. The predicted octanol–water partition coefficient (Wildman–Crippen LogP) is 3.11. The van der Waals surface area contributed by atoms with Gasteiger partial charge in [0.05, 0.1) is 5.57 Å². The number of rotatable bonds is 5. The summed E-state index contributed by atoms with van der Waals surface area (Å²) in [4.78, 5) is 29.5. The SMILES string of the molecule is Cc1ccc(C2/C(=C(\O)c3ccccc3)C(=O)C(=O)N2CCN2CCCC2)o1. The van der Waals surface area contributed by atoms with E-state index in [1.54, 1.807) is 36.4 Å². The first-order valence-electron chi connectivity index (χ1n) is 9.69. The standard InChI is InChI=1S/C22H24N2O4/c1-15-9-10-17(28-15)19-18(20(25)16-7-3-2-4-8-16)21(26)22(27)24(19)14-13-23-11-5-6-12-23/h2-4,7-10,19,25H,5-6,11-14H2,1H3/b20-18+. The number of likely N-dealkylation sites (tertiary alicyclic amines) is 2. The Morgan fingerprint density at radius 2 is 1.79 bits per heavy atom. The first kappa shape index (κ1) is 18.5. The second kappa shape index (κ2) is 7.64. The van der Waals surface area contributed by atoms with Crippen LogP contribution in [-0.4, -0.2) is 52.8 Å². The van der Waals surface area contributed by atoms with E-state index in [4.69, 9.17) is 4.42 Å². The Labute approximate surface area is 164 Å². The molecular formula is C22H24N2O4. The fourth-order valence-electron chi connectivity index (χ4n) is 4.01. The number of aliphatic hydroxyl groups is 1. The van der Waals surface area contributed by atoms with Crippen LogP contribution < -0.4 is 0 Å². The summed E-state index contributed by atoms with van der Waals surface area (Å²) in [6.45, 7) is 4.96. The van der Waals surface area contributed by atoms with Crippen molar-refractivity contribution in [2.45, 2.75) is 25.8 Å². The van der Waals surface area contributed by atoms with Crippen molar-refractivity contribution in [3.8, 4) is 0 Å². The maximum atomic E-state index is 12.9. The third kappa shape index (κ3) is 3.36. The lowest BCUT2D eigenvalue weighted by Gasteiger charge is -2.25. The summed E-state index contributed by atoms with van der Waals surface area (Å²) in [7, 11) is 0. The Balaban J connectivity index is 1.73. The molecule has 2 saturated heterocycles. The van der Waals surface area contributed by atoms with Gasteiger partial charge in [0.1, 0.15) is 23.3 Å². The average molecular weight is 380 g/mol. The van der Waals surface area contributed by atoms with E-state index in [9.17, 15) is 14.7 Å². The summed E-state index contributed by atoms with van der Waals surface area (Å²) >= 11 is 0. The van der Waals surface area contributed by atoms with Crippen molar-refractivity contribution in [3.63, 3.8) is 0 Å². The van der Waals surface area contributed by atoms with Crippen LogP contribution in [0.2, 0.25) is 0 Å². The van der Waals surface area contributed by atoms with Crippen LogP contribution in [0.15, 0.2) is 52.5 Å². The monoisotopic (exact) mass is 380 g/mol. The van der Waals surface area contributed by atoms with Gasteiger partial charge in [0, 0.05) is 18.7 Å². The summed E-state index contributed by atoms with van der Waals surface area (Å²) < 4.78 is 5.78. The number of aryl methyl sites for hydroxylation is 1. The normalized spacial score (nSPS) is 22.3. The number of furan rings is 1. The van der Waals surface area contributed by atoms with Crippen LogP contribution in [0.3, 0.4) is 0 Å². The number of benzene rings is 1. The Morgan fingerprint density at radius 3 is 2.43 bits per heavy atom. The Kier molecular flexibility index (Phi) is 5.05. The van der Waals surface area contributed by atoms with Gasteiger partial charge in [-0.15, -0.1) is 0 Å². The number of Topliss-reactive ketones (excluding diaryl/α,β-unsaturated/α-hetero) is 1. The molecule has 1 unspecified atom stereocenters. The molecule has 4 rings (SSSR count). The topological polar surface area (TPSA) is 74.0 Å². The minimum atomic E-state index is -0.712. The number of carbonyl (C=O) groups excluding carboxylic acids is 2. The lowest BCUT2D eigenvalue weighted by Crippen LogP contribution is -2.37. The van der Waals surface area contributed by atoms with E-state index >= 15 is 0 Å². The number of hydrogen-bond acceptors (Lipinski definition) is 5. The summed E-state index contributed by atoms with van der Waals surface area (Å²) in [5.74, 6) is -0.227. The van der Waals surface area contributed by atoms with Crippen molar-refractivity contribution in [1.29, 1.82) is 0 Å². The Hall–Kier alpha value is -2.86. The third-order valence-electron chi connectivity index (χ3n) is 5.47. The molecule has 2 aliphatic heterocycles. The molecule has 2 aromatic rings. The molecule has 2 aliphatic rings. The number of ketones is 1. The molecular weight excluding hydrogens is 356 g/mol. The first-order valence-corrected chi connectivity index (χ1v) is 9.69. The molecule has 0 spiro atoms. The number of nitrogens with zero attached hydrogens (tertiary/aromatic N) is 2. The molecule has 6 heteroatoms. The number of aliphatic hydroxyl groups excluding tert-OH is 1. The van der Waals surface area contributed by atoms with Crippen molar-refractivity contribution >= 4 is 17.4 Å². The largest absolute Gasteiger partial charge is 0.507 e. The average Bonchev–Trinajstić information content (AvgIpc) is 3.42.